The number of halogens is 1. The molecule has 5 heteroatoms. The number of hydrogen-bond acceptors (Lipinski definition) is 4. The number of rotatable bonds is 2. The number of nitrogens with zero attached hydrogens (tertiary/aromatic N) is 2. The molecule has 0 aliphatic carbocycles. The Balaban J connectivity index is 2.94. The summed E-state index contributed by atoms with van der Waals surface area (Å²) < 4.78 is 0.625. The highest BCUT2D eigenvalue weighted by molar-refractivity contribution is 9.10. The summed E-state index contributed by atoms with van der Waals surface area (Å²) in [6, 6.07) is 1.62. The zero-order valence-corrected chi connectivity index (χ0v) is 9.59. The average Bonchev–Trinajstić information content (AvgIpc) is 2.01. The topological polar surface area (TPSA) is 63.8 Å². The van der Waals surface area contributed by atoms with Gasteiger partial charge in [-0.3, -0.25) is 0 Å². The number of terminal acetylenes is 1. The first-order valence-corrected chi connectivity index (χ1v) is 4.78. The Morgan fingerprint density at radius 2 is 2.21 bits per heavy atom. The number of hydrogen-bond donors (Lipinski definition) is 2. The average molecular weight is 255 g/mol. The van der Waals surface area contributed by atoms with Crippen LogP contribution in [0.3, 0.4) is 0 Å². The van der Waals surface area contributed by atoms with E-state index in [1.807, 2.05) is 13.8 Å². The SMILES string of the molecule is C#CC(C)(C)Nc1nc(N)cc(Br)n1. The lowest BCUT2D eigenvalue weighted by atomic mass is 10.1. The third-order valence-electron chi connectivity index (χ3n) is 1.50. The molecule has 3 N–H and O–H groups in total. The Kier molecular flexibility index (Phi) is 2.96. The highest BCUT2D eigenvalue weighted by Crippen LogP contribution is 2.15. The number of nitrogens with one attached hydrogen (secondary N) is 1. The van der Waals surface area contributed by atoms with Crippen LogP contribution in [-0.4, -0.2) is 15.5 Å². The molecule has 1 aromatic rings. The Morgan fingerprint density at radius 1 is 1.57 bits per heavy atom. The molecule has 0 radical (unpaired) electrons. The molecule has 4 nitrogen and oxygen atoms in total. The van der Waals surface area contributed by atoms with Crippen molar-refractivity contribution in [2.75, 3.05) is 11.1 Å². The first-order valence-electron chi connectivity index (χ1n) is 3.99. The lowest BCUT2D eigenvalue weighted by Crippen LogP contribution is -2.29. The summed E-state index contributed by atoms with van der Waals surface area (Å²) in [6.07, 6.45) is 5.32. The summed E-state index contributed by atoms with van der Waals surface area (Å²) in [5, 5.41) is 2.98. The summed E-state index contributed by atoms with van der Waals surface area (Å²) in [5.41, 5.74) is 5.05. The van der Waals surface area contributed by atoms with E-state index in [1.54, 1.807) is 6.07 Å². The molecule has 1 heterocycles. The summed E-state index contributed by atoms with van der Waals surface area (Å²) in [5.74, 6) is 3.39. The second-order valence-corrected chi connectivity index (χ2v) is 4.15. The van der Waals surface area contributed by atoms with Gasteiger partial charge in [-0.1, -0.05) is 5.92 Å². The van der Waals surface area contributed by atoms with Gasteiger partial charge in [-0.05, 0) is 29.8 Å². The van der Waals surface area contributed by atoms with Gasteiger partial charge in [-0.25, -0.2) is 4.98 Å². The first kappa shape index (κ1) is 10.8. The molecule has 14 heavy (non-hydrogen) atoms. The van der Waals surface area contributed by atoms with Crippen molar-refractivity contribution in [2.24, 2.45) is 0 Å². The van der Waals surface area contributed by atoms with Crippen LogP contribution in [0.2, 0.25) is 0 Å². The minimum absolute atomic E-state index is 0.391. The van der Waals surface area contributed by atoms with E-state index in [9.17, 15) is 0 Å². The van der Waals surface area contributed by atoms with E-state index in [2.05, 4.69) is 37.1 Å². The van der Waals surface area contributed by atoms with Crippen LogP contribution in [0, 0.1) is 12.3 Å². The standard InChI is InChI=1S/C9H11BrN4/c1-4-9(2,3)14-8-12-6(10)5-7(11)13-8/h1,5H,2-3H3,(H3,11,12,13,14). The molecule has 0 amide bonds. The maximum atomic E-state index is 5.55. The Bertz CT molecular complexity index is 361. The monoisotopic (exact) mass is 254 g/mol. The Labute approximate surface area is 91.5 Å². The van der Waals surface area contributed by atoms with Gasteiger partial charge in [0.15, 0.2) is 0 Å². The van der Waals surface area contributed by atoms with E-state index >= 15 is 0 Å². The molecule has 0 atom stereocenters. The largest absolute Gasteiger partial charge is 0.383 e. The summed E-state index contributed by atoms with van der Waals surface area (Å²) >= 11 is 3.22. The zero-order chi connectivity index (χ0) is 10.8. The van der Waals surface area contributed by atoms with Crippen molar-refractivity contribution in [2.45, 2.75) is 19.4 Å². The second-order valence-electron chi connectivity index (χ2n) is 3.33. The lowest BCUT2D eigenvalue weighted by molar-refractivity contribution is 0.728. The smallest absolute Gasteiger partial charge is 0.226 e. The van der Waals surface area contributed by atoms with Crippen LogP contribution >= 0.6 is 15.9 Å². The Hall–Kier alpha value is -1.28. The molecule has 0 unspecified atom stereocenters. The van der Waals surface area contributed by atoms with E-state index in [1.165, 1.54) is 0 Å². The molecular formula is C9H11BrN4. The lowest BCUT2D eigenvalue weighted by Gasteiger charge is -2.19. The van der Waals surface area contributed by atoms with Gasteiger partial charge in [0.25, 0.3) is 0 Å². The van der Waals surface area contributed by atoms with E-state index in [0.29, 0.717) is 16.4 Å². The van der Waals surface area contributed by atoms with Crippen molar-refractivity contribution in [1.82, 2.24) is 9.97 Å². The van der Waals surface area contributed by atoms with Crippen LogP contribution in [-0.2, 0) is 0 Å². The van der Waals surface area contributed by atoms with Crippen molar-refractivity contribution in [3.05, 3.63) is 10.7 Å². The fourth-order valence-electron chi connectivity index (χ4n) is 0.807. The molecule has 0 aromatic carbocycles. The predicted molar refractivity (Wildman–Crippen MR) is 60.7 cm³/mol. The molecule has 74 valence electrons. The molecule has 0 spiro atoms. The van der Waals surface area contributed by atoms with Crippen molar-refractivity contribution in [3.63, 3.8) is 0 Å². The van der Waals surface area contributed by atoms with Gasteiger partial charge < -0.3 is 11.1 Å². The molecule has 0 bridgehead atoms. The van der Waals surface area contributed by atoms with Crippen molar-refractivity contribution < 1.29 is 0 Å². The van der Waals surface area contributed by atoms with Gasteiger partial charge in [0.05, 0.1) is 5.54 Å². The molecule has 0 saturated carbocycles. The van der Waals surface area contributed by atoms with Crippen LogP contribution in [0.5, 0.6) is 0 Å². The summed E-state index contributed by atoms with van der Waals surface area (Å²) in [4.78, 5) is 8.08. The fourth-order valence-corrected chi connectivity index (χ4v) is 1.21. The minimum atomic E-state index is -0.493. The predicted octanol–water partition coefficient (Wildman–Crippen LogP) is 1.65. The van der Waals surface area contributed by atoms with Crippen molar-refractivity contribution >= 4 is 27.7 Å². The van der Waals surface area contributed by atoms with E-state index in [-0.39, 0.29) is 0 Å². The number of aromatic nitrogens is 2. The molecule has 0 saturated heterocycles. The molecule has 0 fully saturated rings. The van der Waals surface area contributed by atoms with Gasteiger partial charge in [-0.15, -0.1) is 6.42 Å². The van der Waals surface area contributed by atoms with Crippen LogP contribution in [0.15, 0.2) is 10.7 Å². The van der Waals surface area contributed by atoms with E-state index in [4.69, 9.17) is 12.2 Å². The van der Waals surface area contributed by atoms with Crippen LogP contribution < -0.4 is 11.1 Å². The molecular weight excluding hydrogens is 244 g/mol. The summed E-state index contributed by atoms with van der Waals surface area (Å²) in [7, 11) is 0. The summed E-state index contributed by atoms with van der Waals surface area (Å²) in [6.45, 7) is 3.71. The molecule has 0 aliphatic heterocycles. The van der Waals surface area contributed by atoms with Gasteiger partial charge in [0, 0.05) is 6.07 Å². The third-order valence-corrected chi connectivity index (χ3v) is 1.91. The van der Waals surface area contributed by atoms with Crippen molar-refractivity contribution in [1.29, 1.82) is 0 Å². The maximum Gasteiger partial charge on any atom is 0.226 e. The van der Waals surface area contributed by atoms with Gasteiger partial charge in [-0.2, -0.15) is 4.98 Å². The second kappa shape index (κ2) is 3.84. The van der Waals surface area contributed by atoms with Crippen LogP contribution in [0.25, 0.3) is 0 Å². The number of nitrogen functional groups attached to an aromatic ring is 1. The van der Waals surface area contributed by atoms with E-state index in [0.717, 1.165) is 0 Å². The Morgan fingerprint density at radius 3 is 2.71 bits per heavy atom. The van der Waals surface area contributed by atoms with Crippen LogP contribution in [0.1, 0.15) is 13.8 Å². The van der Waals surface area contributed by atoms with Crippen molar-refractivity contribution in [3.8, 4) is 12.3 Å². The first-order chi connectivity index (χ1) is 6.43. The van der Waals surface area contributed by atoms with E-state index < -0.39 is 5.54 Å². The zero-order valence-electron chi connectivity index (χ0n) is 8.00. The van der Waals surface area contributed by atoms with Gasteiger partial charge in [0.1, 0.15) is 10.4 Å². The quantitative estimate of drug-likeness (QED) is 0.623. The van der Waals surface area contributed by atoms with Gasteiger partial charge in [0.2, 0.25) is 5.95 Å². The van der Waals surface area contributed by atoms with Gasteiger partial charge >= 0.3 is 0 Å². The normalized spacial score (nSPS) is 10.7. The third kappa shape index (κ3) is 2.89. The highest BCUT2D eigenvalue weighted by atomic mass is 79.9. The maximum absolute atomic E-state index is 5.55. The van der Waals surface area contributed by atoms with Crippen LogP contribution in [0.4, 0.5) is 11.8 Å². The molecule has 1 aromatic heterocycles. The molecule has 0 aliphatic rings. The number of anilines is 2. The minimum Gasteiger partial charge on any atom is -0.383 e. The number of nitrogens with two attached hydrogens (primary N) is 1. The molecule has 1 rings (SSSR count). The fraction of sp³-hybridized carbons (Fsp3) is 0.333. The highest BCUT2D eigenvalue weighted by Gasteiger charge is 2.14.